The highest BCUT2D eigenvalue weighted by molar-refractivity contribution is 7.92. The van der Waals surface area contributed by atoms with Crippen LogP contribution >= 0.6 is 11.3 Å². The van der Waals surface area contributed by atoms with E-state index in [4.69, 9.17) is 0 Å². The number of hydrogen-bond acceptors (Lipinski definition) is 4. The van der Waals surface area contributed by atoms with Crippen molar-refractivity contribution in [3.05, 3.63) is 11.1 Å². The predicted molar refractivity (Wildman–Crippen MR) is 68.5 cm³/mol. The fraction of sp³-hybridized carbons (Fsp3) is 0.700. The molecule has 1 heterocycles. The fourth-order valence-corrected chi connectivity index (χ4v) is 3.42. The normalized spacial score (nSPS) is 12.8. The first kappa shape index (κ1) is 13.4. The predicted octanol–water partition coefficient (Wildman–Crippen LogP) is 2.59. The van der Waals surface area contributed by atoms with E-state index in [1.165, 1.54) is 11.3 Å². The number of nitrogens with zero attached hydrogens (tertiary/aromatic N) is 1. The lowest BCUT2D eigenvalue weighted by Crippen LogP contribution is -2.17. The summed E-state index contributed by atoms with van der Waals surface area (Å²) in [6.45, 7) is 7.98. The number of rotatable bonds is 4. The van der Waals surface area contributed by atoms with Crippen LogP contribution in [-0.4, -0.2) is 19.2 Å². The maximum Gasteiger partial charge on any atom is 0.234 e. The van der Waals surface area contributed by atoms with Gasteiger partial charge in [0.15, 0.2) is 5.13 Å². The molecular weight excluding hydrogens is 244 g/mol. The van der Waals surface area contributed by atoms with E-state index in [2.05, 4.69) is 9.71 Å². The minimum absolute atomic E-state index is 0.0506. The largest absolute Gasteiger partial charge is 0.259 e. The van der Waals surface area contributed by atoms with Crippen molar-refractivity contribution in [3.63, 3.8) is 0 Å². The molecule has 0 amide bonds. The van der Waals surface area contributed by atoms with E-state index in [9.17, 15) is 8.42 Å². The van der Waals surface area contributed by atoms with Gasteiger partial charge in [-0.05, 0) is 6.42 Å². The van der Waals surface area contributed by atoms with Crippen LogP contribution in [0.25, 0.3) is 0 Å². The number of hydrogen-bond donors (Lipinski definition) is 1. The summed E-state index contributed by atoms with van der Waals surface area (Å²) in [4.78, 5) is 4.28. The topological polar surface area (TPSA) is 59.1 Å². The van der Waals surface area contributed by atoms with Crippen LogP contribution in [0.2, 0.25) is 0 Å². The SMILES string of the molecule is CCCS(=O)(=O)Nc1nc(C(C)(C)C)cs1. The monoisotopic (exact) mass is 262 g/mol. The molecule has 4 nitrogen and oxygen atoms in total. The summed E-state index contributed by atoms with van der Waals surface area (Å²) in [5.41, 5.74) is 0.858. The molecule has 1 aromatic rings. The Morgan fingerprint density at radius 1 is 1.44 bits per heavy atom. The molecule has 0 aliphatic rings. The van der Waals surface area contributed by atoms with Crippen LogP contribution in [0.4, 0.5) is 5.13 Å². The molecule has 0 atom stereocenters. The number of thiazole rings is 1. The van der Waals surface area contributed by atoms with Crippen LogP contribution in [0.15, 0.2) is 5.38 Å². The Morgan fingerprint density at radius 2 is 2.06 bits per heavy atom. The van der Waals surface area contributed by atoms with Gasteiger partial charge in [0, 0.05) is 10.8 Å². The van der Waals surface area contributed by atoms with E-state index >= 15 is 0 Å². The highest BCUT2D eigenvalue weighted by Crippen LogP contribution is 2.26. The first-order chi connectivity index (χ1) is 7.24. The van der Waals surface area contributed by atoms with Crippen molar-refractivity contribution in [2.75, 3.05) is 10.5 Å². The Hall–Kier alpha value is -0.620. The van der Waals surface area contributed by atoms with Gasteiger partial charge in [-0.3, -0.25) is 4.72 Å². The van der Waals surface area contributed by atoms with Gasteiger partial charge in [-0.1, -0.05) is 27.7 Å². The van der Waals surface area contributed by atoms with Gasteiger partial charge in [0.05, 0.1) is 11.4 Å². The molecule has 92 valence electrons. The first-order valence-corrected chi connectivity index (χ1v) is 7.74. The molecule has 0 saturated heterocycles. The molecule has 1 N–H and O–H groups in total. The van der Waals surface area contributed by atoms with Crippen molar-refractivity contribution in [2.45, 2.75) is 39.5 Å². The van der Waals surface area contributed by atoms with Crippen molar-refractivity contribution < 1.29 is 8.42 Å². The van der Waals surface area contributed by atoms with E-state index < -0.39 is 10.0 Å². The van der Waals surface area contributed by atoms with Gasteiger partial charge in [0.1, 0.15) is 0 Å². The highest BCUT2D eigenvalue weighted by Gasteiger charge is 2.19. The Labute approximate surface area is 101 Å². The minimum atomic E-state index is -3.22. The van der Waals surface area contributed by atoms with Gasteiger partial charge in [-0.25, -0.2) is 13.4 Å². The van der Waals surface area contributed by atoms with Crippen molar-refractivity contribution in [3.8, 4) is 0 Å². The lowest BCUT2D eigenvalue weighted by atomic mass is 9.93. The highest BCUT2D eigenvalue weighted by atomic mass is 32.2. The molecule has 0 fully saturated rings. The van der Waals surface area contributed by atoms with Gasteiger partial charge in [0.25, 0.3) is 0 Å². The van der Waals surface area contributed by atoms with Crippen LogP contribution in [0.5, 0.6) is 0 Å². The first-order valence-electron chi connectivity index (χ1n) is 5.21. The van der Waals surface area contributed by atoms with E-state index in [0.29, 0.717) is 11.6 Å². The molecule has 0 aliphatic carbocycles. The molecule has 6 heteroatoms. The summed E-state index contributed by atoms with van der Waals surface area (Å²) < 4.78 is 25.5. The molecule has 0 spiro atoms. The molecule has 0 bridgehead atoms. The second kappa shape index (κ2) is 4.71. The summed E-state index contributed by atoms with van der Waals surface area (Å²) in [6, 6.07) is 0. The molecule has 0 unspecified atom stereocenters. The third-order valence-electron chi connectivity index (χ3n) is 1.99. The number of anilines is 1. The second-order valence-electron chi connectivity index (χ2n) is 4.71. The zero-order valence-electron chi connectivity index (χ0n) is 10.1. The molecule has 0 aromatic carbocycles. The summed E-state index contributed by atoms with van der Waals surface area (Å²) >= 11 is 1.33. The van der Waals surface area contributed by atoms with Gasteiger partial charge in [0.2, 0.25) is 10.0 Å². The van der Waals surface area contributed by atoms with Crippen molar-refractivity contribution >= 4 is 26.5 Å². The zero-order valence-corrected chi connectivity index (χ0v) is 11.7. The number of sulfonamides is 1. The number of aromatic nitrogens is 1. The second-order valence-corrected chi connectivity index (χ2v) is 7.41. The van der Waals surface area contributed by atoms with Crippen molar-refractivity contribution in [1.82, 2.24) is 4.98 Å². The zero-order chi connectivity index (χ0) is 12.4. The fourth-order valence-electron chi connectivity index (χ4n) is 1.12. The summed E-state index contributed by atoms with van der Waals surface area (Å²) in [5, 5.41) is 2.35. The molecule has 1 rings (SSSR count). The smallest absolute Gasteiger partial charge is 0.234 e. The number of nitrogens with one attached hydrogen (secondary N) is 1. The average molecular weight is 262 g/mol. The van der Waals surface area contributed by atoms with Crippen molar-refractivity contribution in [1.29, 1.82) is 0 Å². The quantitative estimate of drug-likeness (QED) is 0.907. The lowest BCUT2D eigenvalue weighted by molar-refractivity contribution is 0.573. The standard InChI is InChI=1S/C10H18N2O2S2/c1-5-6-16(13,14)12-9-11-8(7-15-9)10(2,3)4/h7H,5-6H2,1-4H3,(H,11,12). The van der Waals surface area contributed by atoms with Crippen LogP contribution in [0.3, 0.4) is 0 Å². The third-order valence-corrected chi connectivity index (χ3v) is 4.33. The lowest BCUT2D eigenvalue weighted by Gasteiger charge is -2.14. The maximum absolute atomic E-state index is 11.5. The summed E-state index contributed by atoms with van der Waals surface area (Å²) in [6.07, 6.45) is 0.604. The maximum atomic E-state index is 11.5. The minimum Gasteiger partial charge on any atom is -0.259 e. The summed E-state index contributed by atoms with van der Waals surface area (Å²) in [5.74, 6) is 0.136. The van der Waals surface area contributed by atoms with Crippen LogP contribution < -0.4 is 4.72 Å². The molecule has 1 aromatic heterocycles. The Balaban J connectivity index is 2.81. The summed E-state index contributed by atoms with van der Waals surface area (Å²) in [7, 11) is -3.22. The van der Waals surface area contributed by atoms with Crippen molar-refractivity contribution in [2.24, 2.45) is 0 Å². The Morgan fingerprint density at radius 3 is 2.50 bits per heavy atom. The van der Waals surface area contributed by atoms with E-state index in [1.54, 1.807) is 0 Å². The Kier molecular flexibility index (Phi) is 3.96. The molecule has 0 radical (unpaired) electrons. The van der Waals surface area contributed by atoms with E-state index in [0.717, 1.165) is 5.69 Å². The van der Waals surface area contributed by atoms with Gasteiger partial charge >= 0.3 is 0 Å². The Bertz CT molecular complexity index is 444. The molecule has 16 heavy (non-hydrogen) atoms. The van der Waals surface area contributed by atoms with Gasteiger partial charge in [-0.15, -0.1) is 11.3 Å². The average Bonchev–Trinajstić information content (AvgIpc) is 2.50. The van der Waals surface area contributed by atoms with Crippen LogP contribution in [0.1, 0.15) is 39.8 Å². The third kappa shape index (κ3) is 3.75. The van der Waals surface area contributed by atoms with E-state index in [1.807, 2.05) is 33.1 Å². The molecular formula is C10H18N2O2S2. The van der Waals surface area contributed by atoms with Gasteiger partial charge < -0.3 is 0 Å². The van der Waals surface area contributed by atoms with Crippen LogP contribution in [-0.2, 0) is 15.4 Å². The van der Waals surface area contributed by atoms with Gasteiger partial charge in [-0.2, -0.15) is 0 Å². The van der Waals surface area contributed by atoms with E-state index in [-0.39, 0.29) is 11.2 Å². The molecule has 0 saturated carbocycles. The van der Waals surface area contributed by atoms with Crippen LogP contribution in [0, 0.1) is 0 Å². The molecule has 0 aliphatic heterocycles.